The number of nitrogens with zero attached hydrogens (tertiary/aromatic N) is 4. The molecule has 0 aliphatic carbocycles. The molecule has 2 fully saturated rings. The van der Waals surface area contributed by atoms with Crippen LogP contribution in [0.4, 0.5) is 0 Å². The predicted octanol–water partition coefficient (Wildman–Crippen LogP) is 2.04. The highest BCUT2D eigenvalue weighted by Gasteiger charge is 2.32. The molecule has 2 aliphatic heterocycles. The van der Waals surface area contributed by atoms with Crippen molar-refractivity contribution in [1.29, 1.82) is 0 Å². The Balaban J connectivity index is 1.46. The van der Waals surface area contributed by atoms with Gasteiger partial charge in [0.25, 0.3) is 11.5 Å². The summed E-state index contributed by atoms with van der Waals surface area (Å²) in [7, 11) is 1.57. The van der Waals surface area contributed by atoms with Crippen LogP contribution in [0, 0.1) is 11.8 Å². The first kappa shape index (κ1) is 19.6. The molecule has 2 amide bonds. The molecular formula is C22H28N4O3. The number of fused-ring (bicyclic) bond motifs is 1. The van der Waals surface area contributed by atoms with Gasteiger partial charge in [0.05, 0.1) is 5.39 Å². The summed E-state index contributed by atoms with van der Waals surface area (Å²) in [6.45, 7) is 5.03. The van der Waals surface area contributed by atoms with Gasteiger partial charge in [-0.2, -0.15) is 5.10 Å². The summed E-state index contributed by atoms with van der Waals surface area (Å²) in [6, 6.07) is 7.09. The first-order chi connectivity index (χ1) is 14.0. The largest absolute Gasteiger partial charge is 0.342 e. The van der Waals surface area contributed by atoms with Gasteiger partial charge in [0, 0.05) is 44.5 Å². The molecule has 0 unspecified atom stereocenters. The van der Waals surface area contributed by atoms with Crippen molar-refractivity contribution >= 4 is 22.6 Å². The molecule has 0 atom stereocenters. The van der Waals surface area contributed by atoms with Crippen LogP contribution < -0.4 is 5.56 Å². The van der Waals surface area contributed by atoms with E-state index in [0.29, 0.717) is 48.3 Å². The molecule has 4 rings (SSSR count). The van der Waals surface area contributed by atoms with Gasteiger partial charge < -0.3 is 9.80 Å². The van der Waals surface area contributed by atoms with Crippen LogP contribution >= 0.6 is 0 Å². The van der Waals surface area contributed by atoms with Crippen LogP contribution in [0.2, 0.25) is 0 Å². The second kappa shape index (κ2) is 7.97. The van der Waals surface area contributed by atoms with Gasteiger partial charge in [0.2, 0.25) is 5.91 Å². The molecule has 0 N–H and O–H groups in total. The van der Waals surface area contributed by atoms with Crippen LogP contribution in [0.1, 0.15) is 43.1 Å². The highest BCUT2D eigenvalue weighted by molar-refractivity contribution is 6.04. The van der Waals surface area contributed by atoms with Crippen molar-refractivity contribution in [3.8, 4) is 0 Å². The maximum Gasteiger partial charge on any atom is 0.274 e. The fourth-order valence-electron chi connectivity index (χ4n) is 4.42. The molecule has 3 heterocycles. The van der Waals surface area contributed by atoms with E-state index in [0.717, 1.165) is 25.9 Å². The lowest BCUT2D eigenvalue weighted by molar-refractivity contribution is -0.138. The average molecular weight is 396 g/mol. The summed E-state index contributed by atoms with van der Waals surface area (Å²) >= 11 is 0. The van der Waals surface area contributed by atoms with Crippen LogP contribution in [0.25, 0.3) is 10.8 Å². The van der Waals surface area contributed by atoms with Crippen molar-refractivity contribution in [3.05, 3.63) is 40.3 Å². The normalized spacial score (nSPS) is 19.0. The van der Waals surface area contributed by atoms with Gasteiger partial charge in [-0.1, -0.05) is 25.1 Å². The van der Waals surface area contributed by atoms with E-state index >= 15 is 0 Å². The molecule has 2 aliphatic rings. The zero-order valence-corrected chi connectivity index (χ0v) is 17.1. The van der Waals surface area contributed by atoms with Crippen LogP contribution in [0.5, 0.6) is 0 Å². The van der Waals surface area contributed by atoms with Crippen molar-refractivity contribution < 1.29 is 9.59 Å². The number of rotatable bonds is 2. The van der Waals surface area contributed by atoms with Gasteiger partial charge in [-0.3, -0.25) is 14.4 Å². The Labute approximate surface area is 170 Å². The SMILES string of the molecule is CC1CCN(C(=O)C2CCN(C(=O)c3nn(C)c(=O)c4ccccc34)CC2)CC1. The molecular weight excluding hydrogens is 368 g/mol. The third-order valence-electron chi connectivity index (χ3n) is 6.39. The lowest BCUT2D eigenvalue weighted by Gasteiger charge is -2.36. The molecule has 154 valence electrons. The van der Waals surface area contributed by atoms with Crippen molar-refractivity contribution in [2.45, 2.75) is 32.6 Å². The number of piperidine rings is 2. The van der Waals surface area contributed by atoms with Gasteiger partial charge in [-0.05, 0) is 37.7 Å². The van der Waals surface area contributed by atoms with E-state index < -0.39 is 0 Å². The maximum atomic E-state index is 13.1. The molecule has 0 bridgehead atoms. The standard InChI is InChI=1S/C22H28N4O3/c1-15-7-11-25(12-8-15)20(27)16-9-13-26(14-10-16)22(29)19-17-5-3-4-6-18(17)21(28)24(2)23-19/h3-6,15-16H,7-14H2,1-2H3. The zero-order chi connectivity index (χ0) is 20.5. The topological polar surface area (TPSA) is 75.5 Å². The molecule has 29 heavy (non-hydrogen) atoms. The second-order valence-electron chi connectivity index (χ2n) is 8.40. The van der Waals surface area contributed by atoms with Gasteiger partial charge >= 0.3 is 0 Å². The number of aryl methyl sites for hydroxylation is 1. The molecule has 1 aromatic carbocycles. The van der Waals surface area contributed by atoms with E-state index in [-0.39, 0.29) is 23.3 Å². The van der Waals surface area contributed by atoms with E-state index in [4.69, 9.17) is 0 Å². The molecule has 0 radical (unpaired) electrons. The van der Waals surface area contributed by atoms with E-state index in [1.807, 2.05) is 11.0 Å². The summed E-state index contributed by atoms with van der Waals surface area (Å²) in [6.07, 6.45) is 3.52. The molecule has 0 saturated carbocycles. The fraction of sp³-hybridized carbons (Fsp3) is 0.545. The highest BCUT2D eigenvalue weighted by atomic mass is 16.2. The third-order valence-corrected chi connectivity index (χ3v) is 6.39. The smallest absolute Gasteiger partial charge is 0.274 e. The monoisotopic (exact) mass is 396 g/mol. The fourth-order valence-corrected chi connectivity index (χ4v) is 4.42. The zero-order valence-electron chi connectivity index (χ0n) is 17.1. The van der Waals surface area contributed by atoms with E-state index in [1.54, 1.807) is 30.1 Å². The summed E-state index contributed by atoms with van der Waals surface area (Å²) < 4.78 is 1.23. The number of carbonyl (C=O) groups is 2. The van der Waals surface area contributed by atoms with E-state index in [9.17, 15) is 14.4 Å². The van der Waals surface area contributed by atoms with Gasteiger partial charge in [-0.25, -0.2) is 4.68 Å². The summed E-state index contributed by atoms with van der Waals surface area (Å²) in [4.78, 5) is 42.1. The Morgan fingerprint density at radius 2 is 1.52 bits per heavy atom. The Morgan fingerprint density at radius 3 is 2.17 bits per heavy atom. The summed E-state index contributed by atoms with van der Waals surface area (Å²) in [5.41, 5.74) is 0.0924. The van der Waals surface area contributed by atoms with Gasteiger partial charge in [-0.15, -0.1) is 0 Å². The molecule has 2 aromatic rings. The molecule has 7 heteroatoms. The second-order valence-corrected chi connectivity index (χ2v) is 8.40. The Morgan fingerprint density at radius 1 is 0.931 bits per heavy atom. The van der Waals surface area contributed by atoms with Gasteiger partial charge in [0.1, 0.15) is 0 Å². The molecule has 0 spiro atoms. The lowest BCUT2D eigenvalue weighted by Crippen LogP contribution is -2.46. The predicted molar refractivity (Wildman–Crippen MR) is 111 cm³/mol. The highest BCUT2D eigenvalue weighted by Crippen LogP contribution is 2.25. The molecule has 2 saturated heterocycles. The van der Waals surface area contributed by atoms with Crippen LogP contribution in [0.15, 0.2) is 29.1 Å². The van der Waals surface area contributed by atoms with E-state index in [1.165, 1.54) is 4.68 Å². The Hall–Kier alpha value is -2.70. The minimum Gasteiger partial charge on any atom is -0.342 e. The number of aromatic nitrogens is 2. The third kappa shape index (κ3) is 3.78. The van der Waals surface area contributed by atoms with Crippen molar-refractivity contribution in [2.75, 3.05) is 26.2 Å². The number of benzene rings is 1. The quantitative estimate of drug-likeness (QED) is 0.779. The van der Waals surface area contributed by atoms with Crippen molar-refractivity contribution in [2.24, 2.45) is 18.9 Å². The van der Waals surface area contributed by atoms with Crippen LogP contribution in [-0.4, -0.2) is 57.6 Å². The van der Waals surface area contributed by atoms with Gasteiger partial charge in [0.15, 0.2) is 5.69 Å². The maximum absolute atomic E-state index is 13.1. The number of carbonyl (C=O) groups excluding carboxylic acids is 2. The number of hydrogen-bond donors (Lipinski definition) is 0. The Bertz CT molecular complexity index is 983. The minimum absolute atomic E-state index is 0.00251. The Kier molecular flexibility index (Phi) is 5.39. The van der Waals surface area contributed by atoms with E-state index in [2.05, 4.69) is 12.0 Å². The van der Waals surface area contributed by atoms with Crippen LogP contribution in [-0.2, 0) is 11.8 Å². The average Bonchev–Trinajstić information content (AvgIpc) is 2.76. The molecule has 7 nitrogen and oxygen atoms in total. The number of amides is 2. The van der Waals surface area contributed by atoms with Crippen LogP contribution in [0.3, 0.4) is 0 Å². The number of hydrogen-bond acceptors (Lipinski definition) is 4. The number of likely N-dealkylation sites (tertiary alicyclic amines) is 2. The van der Waals surface area contributed by atoms with Crippen molar-refractivity contribution in [3.63, 3.8) is 0 Å². The first-order valence-corrected chi connectivity index (χ1v) is 10.5. The summed E-state index contributed by atoms with van der Waals surface area (Å²) in [5, 5.41) is 5.33. The summed E-state index contributed by atoms with van der Waals surface area (Å²) in [5.74, 6) is 0.768. The molecule has 1 aromatic heterocycles. The minimum atomic E-state index is -0.211. The first-order valence-electron chi connectivity index (χ1n) is 10.5. The lowest BCUT2D eigenvalue weighted by atomic mass is 9.92. The van der Waals surface area contributed by atoms with Crippen molar-refractivity contribution in [1.82, 2.24) is 19.6 Å².